The lowest BCUT2D eigenvalue weighted by atomic mass is 9.82. The van der Waals surface area contributed by atoms with Crippen molar-refractivity contribution in [2.24, 2.45) is 5.92 Å². The minimum Gasteiger partial charge on any atom is -0.481 e. The molecule has 6 nitrogen and oxygen atoms in total. The molecule has 1 aromatic rings. The third-order valence-electron chi connectivity index (χ3n) is 5.40. The van der Waals surface area contributed by atoms with E-state index in [0.29, 0.717) is 5.56 Å². The summed E-state index contributed by atoms with van der Waals surface area (Å²) in [4.78, 5) is 20.2. The summed E-state index contributed by atoms with van der Waals surface area (Å²) < 4.78 is 50.7. The Morgan fingerprint density at radius 1 is 1.39 bits per heavy atom. The number of ether oxygens (including phenoxy) is 2. The van der Waals surface area contributed by atoms with Crippen LogP contribution >= 0.6 is 0 Å². The maximum atomic E-state index is 14.4. The van der Waals surface area contributed by atoms with Crippen molar-refractivity contribution in [3.63, 3.8) is 0 Å². The molecule has 1 amide bonds. The first-order chi connectivity index (χ1) is 13.2. The number of methoxy groups -OCH3 is 1. The third-order valence-corrected chi connectivity index (χ3v) is 5.40. The molecule has 3 rings (SSSR count). The SMILES string of the molecule is COc1nc(OCC2CC(F)(F)C2)c(F)cc1CN(C)C(=O)[C@@H]1CCCN1C. The van der Waals surface area contributed by atoms with E-state index in [2.05, 4.69) is 4.98 Å². The van der Waals surface area contributed by atoms with Crippen molar-refractivity contribution in [2.45, 2.75) is 44.2 Å². The molecule has 28 heavy (non-hydrogen) atoms. The van der Waals surface area contributed by atoms with Crippen molar-refractivity contribution >= 4 is 5.91 Å². The van der Waals surface area contributed by atoms with Gasteiger partial charge in [-0.15, -0.1) is 0 Å². The monoisotopic (exact) mass is 401 g/mol. The van der Waals surface area contributed by atoms with Gasteiger partial charge in [-0.05, 0) is 32.5 Å². The Morgan fingerprint density at radius 2 is 2.11 bits per heavy atom. The van der Waals surface area contributed by atoms with Gasteiger partial charge in [0.25, 0.3) is 5.88 Å². The number of likely N-dealkylation sites (N-methyl/N-ethyl adjacent to an activating group) is 2. The van der Waals surface area contributed by atoms with Crippen LogP contribution in [0.15, 0.2) is 6.07 Å². The fraction of sp³-hybridized carbons (Fsp3) is 0.684. The summed E-state index contributed by atoms with van der Waals surface area (Å²) in [7, 11) is 4.97. The first kappa shape index (κ1) is 20.7. The maximum Gasteiger partial charge on any atom is 0.253 e. The van der Waals surface area contributed by atoms with Crippen LogP contribution in [0.4, 0.5) is 13.2 Å². The smallest absolute Gasteiger partial charge is 0.253 e. The molecule has 1 aromatic heterocycles. The number of hydrogen-bond acceptors (Lipinski definition) is 5. The molecule has 1 aliphatic carbocycles. The topological polar surface area (TPSA) is 54.9 Å². The lowest BCUT2D eigenvalue weighted by Gasteiger charge is -2.34. The highest BCUT2D eigenvalue weighted by molar-refractivity contribution is 5.82. The van der Waals surface area contributed by atoms with E-state index >= 15 is 0 Å². The Bertz CT molecular complexity index is 724. The molecule has 156 valence electrons. The number of rotatable bonds is 7. The van der Waals surface area contributed by atoms with Gasteiger partial charge in [0.15, 0.2) is 5.82 Å². The highest BCUT2D eigenvalue weighted by Gasteiger charge is 2.45. The summed E-state index contributed by atoms with van der Waals surface area (Å²) in [5.41, 5.74) is 0.416. The number of alkyl halides is 2. The number of hydrogen-bond donors (Lipinski definition) is 0. The quantitative estimate of drug-likeness (QED) is 0.703. The first-order valence-electron chi connectivity index (χ1n) is 9.39. The molecule has 1 atom stereocenters. The molecule has 2 fully saturated rings. The number of carbonyl (C=O) groups excluding carboxylic acids is 1. The van der Waals surface area contributed by atoms with Crippen molar-refractivity contribution in [3.8, 4) is 11.8 Å². The predicted octanol–water partition coefficient (Wildman–Crippen LogP) is 2.71. The molecule has 2 aliphatic rings. The van der Waals surface area contributed by atoms with Gasteiger partial charge in [-0.1, -0.05) is 0 Å². The van der Waals surface area contributed by atoms with Crippen LogP contribution in [0.5, 0.6) is 11.8 Å². The van der Waals surface area contributed by atoms with Crippen LogP contribution in [-0.2, 0) is 11.3 Å². The van der Waals surface area contributed by atoms with Crippen molar-refractivity contribution in [1.29, 1.82) is 0 Å². The van der Waals surface area contributed by atoms with Crippen molar-refractivity contribution in [2.75, 3.05) is 34.4 Å². The minimum atomic E-state index is -2.65. The molecule has 0 unspecified atom stereocenters. The van der Waals surface area contributed by atoms with Gasteiger partial charge in [0.2, 0.25) is 17.7 Å². The van der Waals surface area contributed by atoms with E-state index in [1.54, 1.807) is 7.05 Å². The normalized spacial score (nSPS) is 22.0. The van der Waals surface area contributed by atoms with Gasteiger partial charge >= 0.3 is 0 Å². The van der Waals surface area contributed by atoms with E-state index in [1.165, 1.54) is 18.1 Å². The summed E-state index contributed by atoms with van der Waals surface area (Å²) in [5, 5.41) is 0. The number of halogens is 3. The summed E-state index contributed by atoms with van der Waals surface area (Å²) in [6, 6.07) is 1.05. The van der Waals surface area contributed by atoms with Crippen molar-refractivity contribution in [3.05, 3.63) is 17.4 Å². The third kappa shape index (κ3) is 4.51. The first-order valence-corrected chi connectivity index (χ1v) is 9.39. The molecule has 0 bridgehead atoms. The zero-order chi connectivity index (χ0) is 20.5. The Balaban J connectivity index is 1.64. The van der Waals surface area contributed by atoms with Crippen molar-refractivity contribution < 1.29 is 27.4 Å². The highest BCUT2D eigenvalue weighted by Crippen LogP contribution is 2.42. The Kier molecular flexibility index (Phi) is 6.02. The number of nitrogens with zero attached hydrogens (tertiary/aromatic N) is 3. The molecule has 0 spiro atoms. The van der Waals surface area contributed by atoms with Crippen LogP contribution in [0, 0.1) is 11.7 Å². The summed E-state index contributed by atoms with van der Waals surface area (Å²) >= 11 is 0. The highest BCUT2D eigenvalue weighted by atomic mass is 19.3. The lowest BCUT2D eigenvalue weighted by molar-refractivity contribution is -0.134. The summed E-state index contributed by atoms with van der Waals surface area (Å²) in [5.74, 6) is -3.83. The zero-order valence-corrected chi connectivity index (χ0v) is 16.4. The largest absolute Gasteiger partial charge is 0.481 e. The number of likely N-dealkylation sites (tertiary alicyclic amines) is 1. The van der Waals surface area contributed by atoms with Crippen LogP contribution in [-0.4, -0.2) is 67.0 Å². The van der Waals surface area contributed by atoms with Gasteiger partial charge < -0.3 is 14.4 Å². The fourth-order valence-electron chi connectivity index (χ4n) is 3.79. The number of carbonyl (C=O) groups is 1. The number of pyridine rings is 1. The Labute approximate surface area is 162 Å². The molecule has 1 saturated carbocycles. The van der Waals surface area contributed by atoms with Crippen LogP contribution < -0.4 is 9.47 Å². The van der Waals surface area contributed by atoms with Gasteiger partial charge in [-0.25, -0.2) is 13.2 Å². The van der Waals surface area contributed by atoms with Crippen LogP contribution in [0.2, 0.25) is 0 Å². The molecule has 9 heteroatoms. The van der Waals surface area contributed by atoms with Gasteiger partial charge in [0.05, 0.1) is 26.3 Å². The summed E-state index contributed by atoms with van der Waals surface area (Å²) in [6.07, 6.45) is 1.26. The molecule has 2 heterocycles. The molecule has 0 radical (unpaired) electrons. The van der Waals surface area contributed by atoms with Crippen molar-refractivity contribution in [1.82, 2.24) is 14.8 Å². The van der Waals surface area contributed by atoms with Gasteiger partial charge in [0.1, 0.15) is 0 Å². The van der Waals surface area contributed by atoms with Gasteiger partial charge in [0, 0.05) is 31.4 Å². The standard InChI is InChI=1S/C19H26F3N3O3/c1-24-6-4-5-15(24)18(26)25(2)10-13-7-14(20)17(23-16(13)27-3)28-11-12-8-19(21,22)9-12/h7,12,15H,4-6,8-11H2,1-3H3/t15-/m0/s1. The molecule has 1 aliphatic heterocycles. The van der Waals surface area contributed by atoms with Gasteiger partial charge in [-0.3, -0.25) is 9.69 Å². The molecule has 1 saturated heterocycles. The molecular weight excluding hydrogens is 375 g/mol. The molecular formula is C19H26F3N3O3. The van der Waals surface area contributed by atoms with Gasteiger partial charge in [-0.2, -0.15) is 4.98 Å². The fourth-order valence-corrected chi connectivity index (χ4v) is 3.79. The van der Waals surface area contributed by atoms with E-state index in [9.17, 15) is 18.0 Å². The maximum absolute atomic E-state index is 14.4. The number of aromatic nitrogens is 1. The van der Waals surface area contributed by atoms with E-state index in [-0.39, 0.29) is 55.6 Å². The Morgan fingerprint density at radius 3 is 2.68 bits per heavy atom. The number of amides is 1. The lowest BCUT2D eigenvalue weighted by Crippen LogP contribution is -2.42. The van der Waals surface area contributed by atoms with Crippen LogP contribution in [0.3, 0.4) is 0 Å². The average Bonchev–Trinajstić information content (AvgIpc) is 3.04. The second-order valence-electron chi connectivity index (χ2n) is 7.72. The van der Waals surface area contributed by atoms with E-state index in [1.807, 2.05) is 11.9 Å². The van der Waals surface area contributed by atoms with Crippen LogP contribution in [0.25, 0.3) is 0 Å². The average molecular weight is 401 g/mol. The molecule has 0 aromatic carbocycles. The second kappa shape index (κ2) is 8.14. The second-order valence-corrected chi connectivity index (χ2v) is 7.72. The molecule has 0 N–H and O–H groups in total. The van der Waals surface area contributed by atoms with E-state index in [4.69, 9.17) is 9.47 Å². The summed E-state index contributed by atoms with van der Waals surface area (Å²) in [6.45, 7) is 1.00. The predicted molar refractivity (Wildman–Crippen MR) is 96.0 cm³/mol. The van der Waals surface area contributed by atoms with Crippen LogP contribution in [0.1, 0.15) is 31.2 Å². The van der Waals surface area contributed by atoms with E-state index in [0.717, 1.165) is 19.4 Å². The zero-order valence-electron chi connectivity index (χ0n) is 16.4. The minimum absolute atomic E-state index is 0.0194. The Hall–Kier alpha value is -2.03. The van der Waals surface area contributed by atoms with E-state index < -0.39 is 11.7 Å².